The van der Waals surface area contributed by atoms with E-state index in [9.17, 15) is 0 Å². The van der Waals surface area contributed by atoms with Crippen LogP contribution >= 0.6 is 11.3 Å². The third-order valence-corrected chi connectivity index (χ3v) is 2.65. The van der Waals surface area contributed by atoms with E-state index >= 15 is 0 Å². The molecule has 3 N–H and O–H groups in total. The zero-order valence-corrected chi connectivity index (χ0v) is 8.42. The van der Waals surface area contributed by atoms with Crippen molar-refractivity contribution in [3.05, 3.63) is 40.8 Å². The number of nitrogen functional groups attached to an aromatic ring is 1. The average molecular weight is 205 g/mol. The van der Waals surface area contributed by atoms with E-state index in [0.29, 0.717) is 5.69 Å². The van der Waals surface area contributed by atoms with E-state index < -0.39 is 0 Å². The summed E-state index contributed by atoms with van der Waals surface area (Å²) in [6.07, 6.45) is 3.38. The Labute approximate surface area is 86.6 Å². The average Bonchev–Trinajstić information content (AvgIpc) is 2.69. The highest BCUT2D eigenvalue weighted by Gasteiger charge is 1.97. The summed E-state index contributed by atoms with van der Waals surface area (Å²) < 4.78 is 0. The number of anilines is 2. The van der Waals surface area contributed by atoms with Crippen LogP contribution in [-0.4, -0.2) is 4.98 Å². The summed E-state index contributed by atoms with van der Waals surface area (Å²) >= 11 is 1.70. The standard InChI is InChI=1S/C10H11N3S/c11-9-6-12-3-1-10(9)13-5-8-2-4-14-7-8/h1-4,6-7H,5,11H2,(H,12,13). The smallest absolute Gasteiger partial charge is 0.0736 e. The third-order valence-electron chi connectivity index (χ3n) is 1.91. The van der Waals surface area contributed by atoms with Crippen LogP contribution in [0.3, 0.4) is 0 Å². The second-order valence-corrected chi connectivity index (χ2v) is 3.73. The Bertz CT molecular complexity index is 398. The van der Waals surface area contributed by atoms with E-state index in [4.69, 9.17) is 5.73 Å². The van der Waals surface area contributed by atoms with Gasteiger partial charge in [-0.25, -0.2) is 0 Å². The summed E-state index contributed by atoms with van der Waals surface area (Å²) in [4.78, 5) is 3.93. The van der Waals surface area contributed by atoms with Gasteiger partial charge in [-0.15, -0.1) is 0 Å². The first-order valence-corrected chi connectivity index (χ1v) is 5.25. The normalized spacial score (nSPS) is 10.0. The molecule has 2 aromatic heterocycles. The number of aromatic nitrogens is 1. The Hall–Kier alpha value is -1.55. The molecular formula is C10H11N3S. The van der Waals surface area contributed by atoms with Gasteiger partial charge in [-0.3, -0.25) is 4.98 Å². The predicted molar refractivity (Wildman–Crippen MR) is 60.3 cm³/mol. The van der Waals surface area contributed by atoms with Crippen molar-refractivity contribution >= 4 is 22.7 Å². The number of pyridine rings is 1. The predicted octanol–water partition coefficient (Wildman–Crippen LogP) is 2.34. The fourth-order valence-electron chi connectivity index (χ4n) is 1.16. The monoisotopic (exact) mass is 205 g/mol. The van der Waals surface area contributed by atoms with Crippen LogP contribution in [0.2, 0.25) is 0 Å². The molecular weight excluding hydrogens is 194 g/mol. The maximum atomic E-state index is 5.74. The van der Waals surface area contributed by atoms with Gasteiger partial charge in [0.25, 0.3) is 0 Å². The summed E-state index contributed by atoms with van der Waals surface area (Å²) in [5.41, 5.74) is 8.63. The van der Waals surface area contributed by atoms with Crippen LogP contribution in [0.4, 0.5) is 11.4 Å². The first kappa shape index (κ1) is 9.02. The van der Waals surface area contributed by atoms with Crippen molar-refractivity contribution in [1.82, 2.24) is 4.98 Å². The topological polar surface area (TPSA) is 50.9 Å². The van der Waals surface area contributed by atoms with E-state index in [1.165, 1.54) is 5.56 Å². The van der Waals surface area contributed by atoms with Crippen LogP contribution in [0.25, 0.3) is 0 Å². The first-order valence-electron chi connectivity index (χ1n) is 4.30. The number of hydrogen-bond donors (Lipinski definition) is 2. The van der Waals surface area contributed by atoms with Crippen molar-refractivity contribution < 1.29 is 0 Å². The molecule has 2 rings (SSSR count). The summed E-state index contributed by atoms with van der Waals surface area (Å²) in [7, 11) is 0. The largest absolute Gasteiger partial charge is 0.396 e. The summed E-state index contributed by atoms with van der Waals surface area (Å²) in [5.74, 6) is 0. The highest BCUT2D eigenvalue weighted by Crippen LogP contribution is 2.16. The Morgan fingerprint density at radius 3 is 3.07 bits per heavy atom. The number of nitrogens with one attached hydrogen (secondary N) is 1. The maximum Gasteiger partial charge on any atom is 0.0736 e. The molecule has 0 saturated heterocycles. The second kappa shape index (κ2) is 4.11. The maximum absolute atomic E-state index is 5.74. The van der Waals surface area contributed by atoms with Crippen LogP contribution in [0.1, 0.15) is 5.56 Å². The molecule has 0 amide bonds. The molecule has 0 aliphatic rings. The highest BCUT2D eigenvalue weighted by molar-refractivity contribution is 7.07. The van der Waals surface area contributed by atoms with Gasteiger partial charge in [0.2, 0.25) is 0 Å². The van der Waals surface area contributed by atoms with E-state index in [1.807, 2.05) is 6.07 Å². The van der Waals surface area contributed by atoms with Gasteiger partial charge < -0.3 is 11.1 Å². The number of nitrogens with two attached hydrogens (primary N) is 1. The molecule has 0 radical (unpaired) electrons. The second-order valence-electron chi connectivity index (χ2n) is 2.95. The minimum atomic E-state index is 0.683. The molecule has 4 heteroatoms. The SMILES string of the molecule is Nc1cnccc1NCc1ccsc1. The fraction of sp³-hybridized carbons (Fsp3) is 0.100. The van der Waals surface area contributed by atoms with E-state index in [-0.39, 0.29) is 0 Å². The quantitative estimate of drug-likeness (QED) is 0.808. The number of nitrogens with zero attached hydrogens (tertiary/aromatic N) is 1. The molecule has 0 aliphatic heterocycles. The molecule has 0 aliphatic carbocycles. The molecule has 0 aromatic carbocycles. The first-order chi connectivity index (χ1) is 6.86. The lowest BCUT2D eigenvalue weighted by atomic mass is 10.3. The fourth-order valence-corrected chi connectivity index (χ4v) is 1.83. The molecule has 2 aromatic rings. The molecule has 0 bridgehead atoms. The molecule has 0 atom stereocenters. The van der Waals surface area contributed by atoms with E-state index in [1.54, 1.807) is 23.7 Å². The van der Waals surface area contributed by atoms with Crippen molar-refractivity contribution in [2.45, 2.75) is 6.54 Å². The lowest BCUT2D eigenvalue weighted by molar-refractivity contribution is 1.16. The summed E-state index contributed by atoms with van der Waals surface area (Å²) in [5, 5.41) is 7.43. The Balaban J connectivity index is 2.02. The van der Waals surface area contributed by atoms with Gasteiger partial charge in [-0.05, 0) is 28.5 Å². The van der Waals surface area contributed by atoms with Gasteiger partial charge in [-0.1, -0.05) is 0 Å². The van der Waals surface area contributed by atoms with Gasteiger partial charge in [0.1, 0.15) is 0 Å². The van der Waals surface area contributed by atoms with Crippen molar-refractivity contribution in [3.8, 4) is 0 Å². The van der Waals surface area contributed by atoms with Gasteiger partial charge >= 0.3 is 0 Å². The molecule has 0 saturated carbocycles. The summed E-state index contributed by atoms with van der Waals surface area (Å²) in [6.45, 7) is 0.803. The minimum absolute atomic E-state index is 0.683. The zero-order chi connectivity index (χ0) is 9.80. The van der Waals surface area contributed by atoms with E-state index in [2.05, 4.69) is 27.1 Å². The van der Waals surface area contributed by atoms with Crippen LogP contribution < -0.4 is 11.1 Å². The summed E-state index contributed by atoms with van der Waals surface area (Å²) in [6, 6.07) is 3.97. The Morgan fingerprint density at radius 2 is 2.36 bits per heavy atom. The molecule has 0 spiro atoms. The van der Waals surface area contributed by atoms with Gasteiger partial charge in [0.15, 0.2) is 0 Å². The molecule has 3 nitrogen and oxygen atoms in total. The third kappa shape index (κ3) is 2.03. The van der Waals surface area contributed by atoms with Crippen molar-refractivity contribution in [1.29, 1.82) is 0 Å². The van der Waals surface area contributed by atoms with Crippen molar-refractivity contribution in [3.63, 3.8) is 0 Å². The molecule has 14 heavy (non-hydrogen) atoms. The number of rotatable bonds is 3. The van der Waals surface area contributed by atoms with Gasteiger partial charge in [0, 0.05) is 12.7 Å². The molecule has 72 valence electrons. The molecule has 0 fully saturated rings. The zero-order valence-electron chi connectivity index (χ0n) is 7.60. The van der Waals surface area contributed by atoms with Crippen LogP contribution in [0, 0.1) is 0 Å². The lowest BCUT2D eigenvalue weighted by Crippen LogP contribution is -2.01. The van der Waals surface area contributed by atoms with E-state index in [0.717, 1.165) is 12.2 Å². The Kier molecular flexibility index (Phi) is 2.65. The lowest BCUT2D eigenvalue weighted by Gasteiger charge is -2.06. The van der Waals surface area contributed by atoms with Crippen LogP contribution in [-0.2, 0) is 6.54 Å². The van der Waals surface area contributed by atoms with Gasteiger partial charge in [0.05, 0.1) is 17.6 Å². The minimum Gasteiger partial charge on any atom is -0.396 e. The van der Waals surface area contributed by atoms with Crippen LogP contribution in [0.5, 0.6) is 0 Å². The van der Waals surface area contributed by atoms with Gasteiger partial charge in [-0.2, -0.15) is 11.3 Å². The molecule has 0 unspecified atom stereocenters. The molecule has 2 heterocycles. The highest BCUT2D eigenvalue weighted by atomic mass is 32.1. The number of thiophene rings is 1. The van der Waals surface area contributed by atoms with Crippen molar-refractivity contribution in [2.75, 3.05) is 11.1 Å². The van der Waals surface area contributed by atoms with Crippen LogP contribution in [0.15, 0.2) is 35.3 Å². The number of hydrogen-bond acceptors (Lipinski definition) is 4. The Morgan fingerprint density at radius 1 is 1.43 bits per heavy atom. The van der Waals surface area contributed by atoms with Crippen molar-refractivity contribution in [2.24, 2.45) is 0 Å².